The molecule has 0 aromatic carbocycles. The van der Waals surface area contributed by atoms with Crippen molar-refractivity contribution in [1.29, 1.82) is 0 Å². The number of hydrogen-bond acceptors (Lipinski definition) is 2. The third-order valence-corrected chi connectivity index (χ3v) is 2.63. The minimum Gasteiger partial charge on any atom is -0.329 e. The van der Waals surface area contributed by atoms with Gasteiger partial charge in [0.1, 0.15) is 4.60 Å². The van der Waals surface area contributed by atoms with E-state index in [1.165, 1.54) is 5.56 Å². The molecule has 0 unspecified atom stereocenters. The quantitative estimate of drug-likeness (QED) is 0.862. The molecule has 12 heavy (non-hydrogen) atoms. The average Bonchev–Trinajstić information content (AvgIpc) is 2.34. The first-order chi connectivity index (χ1) is 5.66. The molecule has 4 heteroatoms. The highest BCUT2D eigenvalue weighted by molar-refractivity contribution is 9.10. The van der Waals surface area contributed by atoms with Gasteiger partial charge in [-0.3, -0.25) is 4.68 Å². The van der Waals surface area contributed by atoms with E-state index in [0.717, 1.165) is 11.1 Å². The van der Waals surface area contributed by atoms with E-state index in [1.807, 2.05) is 10.9 Å². The summed E-state index contributed by atoms with van der Waals surface area (Å²) in [5.74, 6) is 0.505. The maximum absolute atomic E-state index is 5.43. The lowest BCUT2D eigenvalue weighted by atomic mass is 10.1. The van der Waals surface area contributed by atoms with E-state index in [-0.39, 0.29) is 0 Å². The fourth-order valence-electron chi connectivity index (χ4n) is 1.05. The van der Waals surface area contributed by atoms with Crippen molar-refractivity contribution in [3.8, 4) is 0 Å². The molecule has 0 amide bonds. The average molecular weight is 232 g/mol. The Labute approximate surface area is 81.1 Å². The number of halogens is 1. The van der Waals surface area contributed by atoms with Gasteiger partial charge in [0.2, 0.25) is 0 Å². The molecular formula is C8H14BrN3. The number of hydrogen-bond donors (Lipinski definition) is 1. The Morgan fingerprint density at radius 2 is 2.33 bits per heavy atom. The van der Waals surface area contributed by atoms with Gasteiger partial charge in [-0.05, 0) is 21.8 Å². The van der Waals surface area contributed by atoms with Crippen LogP contribution in [0.15, 0.2) is 10.8 Å². The van der Waals surface area contributed by atoms with Crippen LogP contribution in [0.4, 0.5) is 0 Å². The number of aromatic nitrogens is 2. The fourth-order valence-corrected chi connectivity index (χ4v) is 1.88. The summed E-state index contributed by atoms with van der Waals surface area (Å²) in [7, 11) is 0. The van der Waals surface area contributed by atoms with Crippen LogP contribution in [0.5, 0.6) is 0 Å². The molecule has 2 N–H and O–H groups in total. The zero-order valence-electron chi connectivity index (χ0n) is 7.42. The molecule has 1 aromatic rings. The fraction of sp³-hybridized carbons (Fsp3) is 0.625. The predicted molar refractivity (Wildman–Crippen MR) is 53.1 cm³/mol. The lowest BCUT2D eigenvalue weighted by molar-refractivity contribution is 0.610. The van der Waals surface area contributed by atoms with E-state index < -0.39 is 0 Å². The zero-order chi connectivity index (χ0) is 9.14. The topological polar surface area (TPSA) is 43.8 Å². The standard InChI is InChI=1S/C8H14BrN3/c1-6(2)7-5-11-12(4-3-10)8(7)9/h5-6H,3-4,10H2,1-2H3. The third kappa shape index (κ3) is 1.87. The molecule has 0 spiro atoms. The Kier molecular flexibility index (Phi) is 3.29. The summed E-state index contributed by atoms with van der Waals surface area (Å²) in [5.41, 5.74) is 6.67. The molecule has 0 aliphatic carbocycles. The van der Waals surface area contributed by atoms with E-state index in [2.05, 4.69) is 34.9 Å². The van der Waals surface area contributed by atoms with Gasteiger partial charge in [0.25, 0.3) is 0 Å². The molecule has 0 saturated heterocycles. The van der Waals surface area contributed by atoms with Gasteiger partial charge in [0, 0.05) is 12.1 Å². The highest BCUT2D eigenvalue weighted by Gasteiger charge is 2.09. The van der Waals surface area contributed by atoms with Gasteiger partial charge >= 0.3 is 0 Å². The normalized spacial score (nSPS) is 11.1. The van der Waals surface area contributed by atoms with Crippen molar-refractivity contribution >= 4 is 15.9 Å². The van der Waals surface area contributed by atoms with Crippen molar-refractivity contribution in [3.05, 3.63) is 16.4 Å². The first-order valence-electron chi connectivity index (χ1n) is 4.08. The van der Waals surface area contributed by atoms with Gasteiger partial charge in [-0.1, -0.05) is 13.8 Å². The molecule has 68 valence electrons. The van der Waals surface area contributed by atoms with Gasteiger partial charge in [-0.2, -0.15) is 5.10 Å². The van der Waals surface area contributed by atoms with Crippen LogP contribution in [0.25, 0.3) is 0 Å². The number of rotatable bonds is 3. The van der Waals surface area contributed by atoms with E-state index in [4.69, 9.17) is 5.73 Å². The maximum atomic E-state index is 5.43. The molecule has 1 heterocycles. The van der Waals surface area contributed by atoms with E-state index in [9.17, 15) is 0 Å². The van der Waals surface area contributed by atoms with Gasteiger partial charge < -0.3 is 5.73 Å². The summed E-state index contributed by atoms with van der Waals surface area (Å²) in [6.07, 6.45) is 1.89. The molecule has 0 bridgehead atoms. The Morgan fingerprint density at radius 1 is 1.67 bits per heavy atom. The minimum absolute atomic E-state index is 0.505. The molecule has 0 radical (unpaired) electrons. The molecule has 0 saturated carbocycles. The second kappa shape index (κ2) is 4.05. The van der Waals surface area contributed by atoms with Crippen LogP contribution in [0.2, 0.25) is 0 Å². The van der Waals surface area contributed by atoms with Crippen molar-refractivity contribution in [3.63, 3.8) is 0 Å². The number of nitrogens with two attached hydrogens (primary N) is 1. The van der Waals surface area contributed by atoms with E-state index >= 15 is 0 Å². The second-order valence-electron chi connectivity index (χ2n) is 3.06. The molecule has 1 rings (SSSR count). The molecule has 1 aromatic heterocycles. The van der Waals surface area contributed by atoms with Gasteiger partial charge in [-0.25, -0.2) is 0 Å². The van der Waals surface area contributed by atoms with Crippen LogP contribution in [0, 0.1) is 0 Å². The lowest BCUT2D eigenvalue weighted by Crippen LogP contribution is -2.11. The Hall–Kier alpha value is -0.350. The lowest BCUT2D eigenvalue weighted by Gasteiger charge is -2.03. The number of nitrogens with zero attached hydrogens (tertiary/aromatic N) is 2. The highest BCUT2D eigenvalue weighted by Crippen LogP contribution is 2.23. The van der Waals surface area contributed by atoms with Crippen LogP contribution >= 0.6 is 15.9 Å². The van der Waals surface area contributed by atoms with Crippen LogP contribution < -0.4 is 5.73 Å². The summed E-state index contributed by atoms with van der Waals surface area (Å²) in [5, 5.41) is 4.22. The molecular weight excluding hydrogens is 218 g/mol. The zero-order valence-corrected chi connectivity index (χ0v) is 9.00. The van der Waals surface area contributed by atoms with Gasteiger partial charge in [0.15, 0.2) is 0 Å². The largest absolute Gasteiger partial charge is 0.329 e. The molecule has 0 atom stereocenters. The summed E-state index contributed by atoms with van der Waals surface area (Å²) < 4.78 is 2.94. The summed E-state index contributed by atoms with van der Waals surface area (Å²) in [6, 6.07) is 0. The third-order valence-electron chi connectivity index (χ3n) is 1.76. The second-order valence-corrected chi connectivity index (χ2v) is 3.81. The monoisotopic (exact) mass is 231 g/mol. The van der Waals surface area contributed by atoms with Crippen LogP contribution in [0.1, 0.15) is 25.3 Å². The van der Waals surface area contributed by atoms with Crippen molar-refractivity contribution in [2.75, 3.05) is 6.54 Å². The van der Waals surface area contributed by atoms with E-state index in [0.29, 0.717) is 12.5 Å². The molecule has 3 nitrogen and oxygen atoms in total. The van der Waals surface area contributed by atoms with Crippen molar-refractivity contribution in [1.82, 2.24) is 9.78 Å². The Balaban J connectivity index is 2.88. The predicted octanol–water partition coefficient (Wildman–Crippen LogP) is 1.73. The summed E-state index contributed by atoms with van der Waals surface area (Å²) in [4.78, 5) is 0. The van der Waals surface area contributed by atoms with Crippen LogP contribution in [-0.2, 0) is 6.54 Å². The maximum Gasteiger partial charge on any atom is 0.107 e. The minimum atomic E-state index is 0.505. The van der Waals surface area contributed by atoms with Crippen LogP contribution in [-0.4, -0.2) is 16.3 Å². The summed E-state index contributed by atoms with van der Waals surface area (Å²) in [6.45, 7) is 5.69. The van der Waals surface area contributed by atoms with Crippen LogP contribution in [0.3, 0.4) is 0 Å². The Morgan fingerprint density at radius 3 is 2.75 bits per heavy atom. The van der Waals surface area contributed by atoms with Crippen molar-refractivity contribution in [2.45, 2.75) is 26.3 Å². The van der Waals surface area contributed by atoms with Gasteiger partial charge in [-0.15, -0.1) is 0 Å². The SMILES string of the molecule is CC(C)c1cnn(CCN)c1Br. The molecule has 0 aliphatic heterocycles. The van der Waals surface area contributed by atoms with Crippen molar-refractivity contribution < 1.29 is 0 Å². The highest BCUT2D eigenvalue weighted by atomic mass is 79.9. The first kappa shape index (κ1) is 9.74. The van der Waals surface area contributed by atoms with Gasteiger partial charge in [0.05, 0.1) is 12.7 Å². The smallest absolute Gasteiger partial charge is 0.107 e. The molecule has 0 aliphatic rings. The Bertz CT molecular complexity index is 255. The first-order valence-corrected chi connectivity index (χ1v) is 4.87. The van der Waals surface area contributed by atoms with Crippen molar-refractivity contribution in [2.24, 2.45) is 5.73 Å². The van der Waals surface area contributed by atoms with E-state index in [1.54, 1.807) is 0 Å². The summed E-state index contributed by atoms with van der Waals surface area (Å²) >= 11 is 3.50. The molecule has 0 fully saturated rings.